The van der Waals surface area contributed by atoms with Gasteiger partial charge in [-0.25, -0.2) is 4.79 Å². The fourth-order valence-electron chi connectivity index (χ4n) is 0.325. The smallest absolute Gasteiger partial charge is 0.374 e. The number of hydrogen-bond donors (Lipinski definition) is 1. The maximum atomic E-state index is 10.4. The largest absolute Gasteiger partial charge is 0.501 e. The summed E-state index contributed by atoms with van der Waals surface area (Å²) in [5, 5.41) is 16.6. The third-order valence-electron chi connectivity index (χ3n) is 0.686. The van der Waals surface area contributed by atoms with E-state index in [-0.39, 0.29) is 58.0 Å². The molecule has 0 fully saturated rings. The average Bonchev–Trinajstić information content (AvgIpc) is 1.89. The van der Waals surface area contributed by atoms with Crippen LogP contribution in [0.4, 0.5) is 0 Å². The molecule has 0 aliphatic rings. The maximum absolute atomic E-state index is 10.4. The first kappa shape index (κ1) is 13.7. The van der Waals surface area contributed by atoms with Crippen LogP contribution in [0.25, 0.3) is 0 Å². The van der Waals surface area contributed by atoms with Crippen LogP contribution in [0.2, 0.25) is 0 Å². The normalized spacial score (nSPS) is 9.27. The third-order valence-corrected chi connectivity index (χ3v) is 0.686. The topological polar surface area (TPSA) is 70.3 Å². The third kappa shape index (κ3) is 6.53. The van der Waals surface area contributed by atoms with Crippen LogP contribution in [-0.2, 0) is 9.53 Å². The Hall–Kier alpha value is 0.136. The molecule has 4 nitrogen and oxygen atoms in total. The van der Waals surface area contributed by atoms with Gasteiger partial charge in [0.05, 0.1) is 18.8 Å². The standard InChI is InChI=1S/C6H7NO3.K/c1-2-10-6(9)5(8)3-4-7;/h3,8H,2H2,1H3;. The van der Waals surface area contributed by atoms with Gasteiger partial charge in [0.2, 0.25) is 5.76 Å². The van der Waals surface area contributed by atoms with Gasteiger partial charge in [-0.05, 0) is 6.92 Å². The molecule has 0 bridgehead atoms. The number of nitriles is 1. The monoisotopic (exact) mass is 180 g/mol. The van der Waals surface area contributed by atoms with E-state index in [4.69, 9.17) is 10.4 Å². The Morgan fingerprint density at radius 2 is 2.36 bits per heavy atom. The van der Waals surface area contributed by atoms with E-state index in [1.165, 1.54) is 6.07 Å². The fraction of sp³-hybridized carbons (Fsp3) is 0.333. The molecule has 0 spiro atoms. The maximum Gasteiger partial charge on any atom is 0.374 e. The van der Waals surface area contributed by atoms with Gasteiger partial charge < -0.3 is 9.84 Å². The van der Waals surface area contributed by atoms with Gasteiger partial charge in [-0.1, -0.05) is 0 Å². The molecule has 0 aromatic rings. The summed E-state index contributed by atoms with van der Waals surface area (Å²) in [6.45, 7) is 1.79. The quantitative estimate of drug-likeness (QED) is 0.216. The Balaban J connectivity index is 0. The van der Waals surface area contributed by atoms with Crippen molar-refractivity contribution in [3.8, 4) is 6.07 Å². The van der Waals surface area contributed by atoms with Crippen LogP contribution >= 0.6 is 0 Å². The minimum absolute atomic E-state index is 0. The number of carbonyl (C=O) groups excluding carboxylic acids is 1. The number of hydrogen-bond acceptors (Lipinski definition) is 4. The van der Waals surface area contributed by atoms with E-state index in [0.717, 1.165) is 6.08 Å². The first-order chi connectivity index (χ1) is 4.72. The minimum Gasteiger partial charge on any atom is -0.501 e. The van der Waals surface area contributed by atoms with Gasteiger partial charge in [0.25, 0.3) is 0 Å². The van der Waals surface area contributed by atoms with Crippen molar-refractivity contribution >= 4 is 57.4 Å². The Morgan fingerprint density at radius 3 is 2.73 bits per heavy atom. The number of allylic oxidation sites excluding steroid dienone is 1. The SMILES string of the molecule is CCOC(=O)C(O)=CC#N.[K]. The predicted octanol–water partition coefficient (Wildman–Crippen LogP) is 0.134. The van der Waals surface area contributed by atoms with Crippen molar-refractivity contribution < 1.29 is 14.6 Å². The Morgan fingerprint density at radius 1 is 1.82 bits per heavy atom. The average molecular weight is 180 g/mol. The summed E-state index contributed by atoms with van der Waals surface area (Å²) in [7, 11) is 0. The summed E-state index contributed by atoms with van der Waals surface area (Å²) in [4.78, 5) is 10.4. The second-order valence-corrected chi connectivity index (χ2v) is 1.38. The molecule has 1 radical (unpaired) electrons. The van der Waals surface area contributed by atoms with E-state index < -0.39 is 11.7 Å². The van der Waals surface area contributed by atoms with Crippen molar-refractivity contribution in [2.24, 2.45) is 0 Å². The minimum atomic E-state index is -0.871. The first-order valence-corrected chi connectivity index (χ1v) is 2.68. The summed E-state index contributed by atoms with van der Waals surface area (Å²) < 4.78 is 4.35. The summed E-state index contributed by atoms with van der Waals surface area (Å²) in [5.41, 5.74) is 0. The first-order valence-electron chi connectivity index (χ1n) is 2.68. The van der Waals surface area contributed by atoms with Crippen LogP contribution in [0.1, 0.15) is 6.92 Å². The van der Waals surface area contributed by atoms with Gasteiger partial charge >= 0.3 is 5.97 Å². The van der Waals surface area contributed by atoms with Crippen molar-refractivity contribution in [2.75, 3.05) is 6.61 Å². The van der Waals surface area contributed by atoms with Gasteiger partial charge in [-0.2, -0.15) is 5.26 Å². The number of ether oxygens (including phenoxy) is 1. The van der Waals surface area contributed by atoms with E-state index in [1.54, 1.807) is 6.92 Å². The number of rotatable bonds is 2. The summed E-state index contributed by atoms with van der Waals surface area (Å²) in [6, 6.07) is 1.49. The molecule has 0 saturated heterocycles. The second-order valence-electron chi connectivity index (χ2n) is 1.38. The summed E-state index contributed by atoms with van der Waals surface area (Å²) in [5.74, 6) is -1.53. The van der Waals surface area contributed by atoms with Crippen molar-refractivity contribution in [3.05, 3.63) is 11.8 Å². The molecule has 0 amide bonds. The zero-order valence-corrected chi connectivity index (χ0v) is 9.62. The molecule has 0 rings (SSSR count). The number of aliphatic hydroxyl groups is 1. The van der Waals surface area contributed by atoms with Crippen LogP contribution in [-0.4, -0.2) is 69.1 Å². The number of nitrogens with zero attached hydrogens (tertiary/aromatic N) is 1. The van der Waals surface area contributed by atoms with Crippen LogP contribution < -0.4 is 0 Å². The number of carbonyl (C=O) groups is 1. The Kier molecular flexibility index (Phi) is 10.3. The van der Waals surface area contributed by atoms with Crippen molar-refractivity contribution in [2.45, 2.75) is 6.92 Å². The predicted molar refractivity (Wildman–Crippen MR) is 38.7 cm³/mol. The molecule has 0 aromatic heterocycles. The zero-order chi connectivity index (χ0) is 7.98. The van der Waals surface area contributed by atoms with Gasteiger partial charge in [-0.3, -0.25) is 0 Å². The summed E-state index contributed by atoms with van der Waals surface area (Å²) >= 11 is 0. The molecular weight excluding hydrogens is 173 g/mol. The molecule has 0 heterocycles. The molecule has 1 N–H and O–H groups in total. The van der Waals surface area contributed by atoms with Crippen LogP contribution in [0.3, 0.4) is 0 Å². The van der Waals surface area contributed by atoms with Gasteiger partial charge in [0, 0.05) is 51.4 Å². The zero-order valence-electron chi connectivity index (χ0n) is 6.50. The molecular formula is C6H7KNO3. The molecule has 0 aliphatic carbocycles. The Bertz CT molecular complexity index is 194. The molecule has 55 valence electrons. The van der Waals surface area contributed by atoms with Gasteiger partial charge in [0.1, 0.15) is 0 Å². The van der Waals surface area contributed by atoms with E-state index in [0.29, 0.717) is 0 Å². The Labute approximate surface area is 107 Å². The second kappa shape index (κ2) is 8.24. The van der Waals surface area contributed by atoms with Crippen LogP contribution in [0.5, 0.6) is 0 Å². The molecule has 0 aliphatic heterocycles. The molecule has 0 aromatic carbocycles. The van der Waals surface area contributed by atoms with E-state index in [9.17, 15) is 4.79 Å². The van der Waals surface area contributed by atoms with E-state index in [1.807, 2.05) is 0 Å². The fourth-order valence-corrected chi connectivity index (χ4v) is 0.325. The van der Waals surface area contributed by atoms with Gasteiger partial charge in [0.15, 0.2) is 0 Å². The number of esters is 1. The van der Waals surface area contributed by atoms with E-state index in [2.05, 4.69) is 4.74 Å². The van der Waals surface area contributed by atoms with E-state index >= 15 is 0 Å². The molecule has 0 atom stereocenters. The molecule has 11 heavy (non-hydrogen) atoms. The van der Waals surface area contributed by atoms with Gasteiger partial charge in [-0.15, -0.1) is 0 Å². The molecule has 0 saturated carbocycles. The van der Waals surface area contributed by atoms with Crippen molar-refractivity contribution in [3.63, 3.8) is 0 Å². The van der Waals surface area contributed by atoms with Crippen molar-refractivity contribution in [1.82, 2.24) is 0 Å². The molecule has 0 unspecified atom stereocenters. The number of aliphatic hydroxyl groups excluding tert-OH is 1. The van der Waals surface area contributed by atoms with Crippen LogP contribution in [0.15, 0.2) is 11.8 Å². The summed E-state index contributed by atoms with van der Waals surface area (Å²) in [6.07, 6.45) is 0.720. The van der Waals surface area contributed by atoms with Crippen LogP contribution in [0, 0.1) is 11.3 Å². The van der Waals surface area contributed by atoms with Crippen molar-refractivity contribution in [1.29, 1.82) is 5.26 Å². The molecule has 5 heteroatoms.